The average molecular weight is 451 g/mol. The average Bonchev–Trinajstić information content (AvgIpc) is 3.44. The van der Waals surface area contributed by atoms with Crippen molar-refractivity contribution in [3.05, 3.63) is 59.7 Å². The smallest absolute Gasteiger partial charge is 0.407 e. The van der Waals surface area contributed by atoms with Gasteiger partial charge in [-0.05, 0) is 41.5 Å². The van der Waals surface area contributed by atoms with Crippen LogP contribution in [0.3, 0.4) is 0 Å². The molecule has 2 aromatic rings. The lowest BCUT2D eigenvalue weighted by Gasteiger charge is -2.35. The van der Waals surface area contributed by atoms with Gasteiger partial charge in [0.05, 0.1) is 0 Å². The predicted octanol–water partition coefficient (Wildman–Crippen LogP) is 4.16. The Hall–Kier alpha value is -3.35. The number of likely N-dealkylation sites (N-methyl/N-ethyl adjacent to an activating group) is 1. The van der Waals surface area contributed by atoms with Crippen molar-refractivity contribution >= 4 is 18.0 Å². The Morgan fingerprint density at radius 3 is 2.18 bits per heavy atom. The Kier molecular flexibility index (Phi) is 6.67. The van der Waals surface area contributed by atoms with Crippen LogP contribution in [0.25, 0.3) is 11.1 Å². The molecule has 0 saturated heterocycles. The van der Waals surface area contributed by atoms with E-state index in [2.05, 4.69) is 29.6 Å². The predicted molar refractivity (Wildman–Crippen MR) is 124 cm³/mol. The van der Waals surface area contributed by atoms with Crippen molar-refractivity contribution in [1.82, 2.24) is 10.2 Å². The van der Waals surface area contributed by atoms with Crippen molar-refractivity contribution in [3.63, 3.8) is 0 Å². The molecule has 4 rings (SSSR count). The summed E-state index contributed by atoms with van der Waals surface area (Å²) in [6.45, 7) is 0.527. The van der Waals surface area contributed by atoms with E-state index in [-0.39, 0.29) is 31.4 Å². The quantitative estimate of drug-likeness (QED) is 0.589. The minimum atomic E-state index is -1.09. The fraction of sp³-hybridized carbons (Fsp3) is 0.423. The van der Waals surface area contributed by atoms with Gasteiger partial charge >= 0.3 is 12.1 Å². The number of carboxylic acid groups (broad SMARTS) is 1. The molecule has 2 aromatic carbocycles. The molecule has 0 aromatic heterocycles. The molecule has 33 heavy (non-hydrogen) atoms. The number of amides is 2. The second-order valence-electron chi connectivity index (χ2n) is 8.85. The van der Waals surface area contributed by atoms with Crippen molar-refractivity contribution in [1.29, 1.82) is 0 Å². The van der Waals surface area contributed by atoms with E-state index in [4.69, 9.17) is 4.74 Å². The molecular formula is C26H30N2O5. The van der Waals surface area contributed by atoms with E-state index in [1.54, 1.807) is 7.05 Å². The molecule has 174 valence electrons. The molecule has 7 nitrogen and oxygen atoms in total. The fourth-order valence-corrected chi connectivity index (χ4v) is 5.14. The van der Waals surface area contributed by atoms with Crippen LogP contribution < -0.4 is 5.32 Å². The van der Waals surface area contributed by atoms with Crippen LogP contribution in [0.5, 0.6) is 0 Å². The number of benzene rings is 2. The molecule has 0 bridgehead atoms. The van der Waals surface area contributed by atoms with Gasteiger partial charge in [0.2, 0.25) is 5.91 Å². The molecule has 2 aliphatic rings. The Labute approximate surface area is 193 Å². The van der Waals surface area contributed by atoms with Crippen LogP contribution in [0.4, 0.5) is 4.79 Å². The topological polar surface area (TPSA) is 95.9 Å². The zero-order valence-corrected chi connectivity index (χ0v) is 18.9. The normalized spacial score (nSPS) is 16.0. The summed E-state index contributed by atoms with van der Waals surface area (Å²) in [6.07, 6.45) is 2.68. The maximum atomic E-state index is 12.5. The Morgan fingerprint density at radius 2 is 1.61 bits per heavy atom. The van der Waals surface area contributed by atoms with Gasteiger partial charge < -0.3 is 20.1 Å². The number of carboxylic acids is 1. The molecule has 1 saturated carbocycles. The highest BCUT2D eigenvalue weighted by Gasteiger charge is 2.46. The number of ether oxygens (including phenoxy) is 1. The van der Waals surface area contributed by atoms with Crippen molar-refractivity contribution < 1.29 is 24.2 Å². The van der Waals surface area contributed by atoms with Crippen LogP contribution >= 0.6 is 0 Å². The summed E-state index contributed by atoms with van der Waals surface area (Å²) in [7, 11) is 1.57. The highest BCUT2D eigenvalue weighted by Crippen LogP contribution is 2.44. The van der Waals surface area contributed by atoms with Crippen LogP contribution in [0, 0.1) is 0 Å². The molecule has 2 N–H and O–H groups in total. The largest absolute Gasteiger partial charge is 0.479 e. The van der Waals surface area contributed by atoms with Gasteiger partial charge in [0, 0.05) is 25.9 Å². The zero-order chi connectivity index (χ0) is 23.4. The standard InChI is InChI=1S/C26H30N2O5/c1-28(26(24(30)31)14-6-7-15-26)23(29)13-8-16-27-25(32)33-17-22-20-11-4-2-9-18(20)19-10-3-5-12-21(19)22/h2-5,9-12,22H,6-8,13-17H2,1H3,(H,27,32)(H,30,31). The van der Waals surface area contributed by atoms with Crippen LogP contribution in [-0.2, 0) is 14.3 Å². The summed E-state index contributed by atoms with van der Waals surface area (Å²) < 4.78 is 5.50. The molecule has 0 spiro atoms. The summed E-state index contributed by atoms with van der Waals surface area (Å²) in [5.74, 6) is -1.15. The third kappa shape index (κ3) is 4.45. The SMILES string of the molecule is CN(C(=O)CCCNC(=O)OCC1c2ccccc2-c2ccccc21)C1(C(=O)O)CCCC1. The molecule has 0 heterocycles. The molecule has 2 aliphatic carbocycles. The molecule has 0 radical (unpaired) electrons. The first kappa shape index (κ1) is 22.8. The maximum absolute atomic E-state index is 12.5. The number of alkyl carbamates (subject to hydrolysis) is 1. The lowest BCUT2D eigenvalue weighted by Crippen LogP contribution is -2.53. The van der Waals surface area contributed by atoms with Gasteiger partial charge in [0.1, 0.15) is 12.1 Å². The van der Waals surface area contributed by atoms with Gasteiger partial charge in [-0.2, -0.15) is 0 Å². The minimum Gasteiger partial charge on any atom is -0.479 e. The highest BCUT2D eigenvalue weighted by atomic mass is 16.5. The molecule has 0 atom stereocenters. The maximum Gasteiger partial charge on any atom is 0.407 e. The van der Waals surface area contributed by atoms with Crippen molar-refractivity contribution in [2.75, 3.05) is 20.2 Å². The van der Waals surface area contributed by atoms with Gasteiger partial charge in [0.25, 0.3) is 0 Å². The number of hydrogen-bond acceptors (Lipinski definition) is 4. The van der Waals surface area contributed by atoms with E-state index in [9.17, 15) is 19.5 Å². The number of fused-ring (bicyclic) bond motifs is 3. The Bertz CT molecular complexity index is 999. The molecule has 0 unspecified atom stereocenters. The lowest BCUT2D eigenvalue weighted by atomic mass is 9.95. The number of carbonyl (C=O) groups is 3. The molecule has 1 fully saturated rings. The summed E-state index contributed by atoms with van der Waals surface area (Å²) in [5, 5.41) is 12.3. The zero-order valence-electron chi connectivity index (χ0n) is 18.9. The fourth-order valence-electron chi connectivity index (χ4n) is 5.14. The number of nitrogens with one attached hydrogen (secondary N) is 1. The molecular weight excluding hydrogens is 420 g/mol. The summed E-state index contributed by atoms with van der Waals surface area (Å²) in [4.78, 5) is 37.9. The second-order valence-corrected chi connectivity index (χ2v) is 8.85. The summed E-state index contributed by atoms with van der Waals surface area (Å²) in [5.41, 5.74) is 3.56. The molecule has 0 aliphatic heterocycles. The highest BCUT2D eigenvalue weighted by molar-refractivity contribution is 5.87. The van der Waals surface area contributed by atoms with E-state index < -0.39 is 17.6 Å². The number of carbonyl (C=O) groups excluding carboxylic acids is 2. The number of hydrogen-bond donors (Lipinski definition) is 2. The van der Waals surface area contributed by atoms with Crippen molar-refractivity contribution in [3.8, 4) is 11.1 Å². The first-order chi connectivity index (χ1) is 15.9. The van der Waals surface area contributed by atoms with Gasteiger partial charge in [-0.3, -0.25) is 4.79 Å². The minimum absolute atomic E-state index is 0.00278. The van der Waals surface area contributed by atoms with Crippen molar-refractivity contribution in [2.45, 2.75) is 50.0 Å². The van der Waals surface area contributed by atoms with E-state index in [0.717, 1.165) is 24.0 Å². The van der Waals surface area contributed by atoms with E-state index in [0.29, 0.717) is 19.3 Å². The van der Waals surface area contributed by atoms with Crippen LogP contribution in [0.15, 0.2) is 48.5 Å². The first-order valence-corrected chi connectivity index (χ1v) is 11.5. The molecule has 7 heteroatoms. The number of nitrogens with zero attached hydrogens (tertiary/aromatic N) is 1. The van der Waals surface area contributed by atoms with Gasteiger partial charge in [-0.1, -0.05) is 61.4 Å². The van der Waals surface area contributed by atoms with Gasteiger partial charge in [-0.25, -0.2) is 9.59 Å². The van der Waals surface area contributed by atoms with Crippen LogP contribution in [0.1, 0.15) is 55.6 Å². The summed E-state index contributed by atoms with van der Waals surface area (Å²) in [6, 6.07) is 16.3. The Balaban J connectivity index is 1.24. The third-order valence-corrected chi connectivity index (χ3v) is 7.03. The molecule has 2 amide bonds. The van der Waals surface area contributed by atoms with Gasteiger partial charge in [-0.15, -0.1) is 0 Å². The van der Waals surface area contributed by atoms with E-state index >= 15 is 0 Å². The van der Waals surface area contributed by atoms with Crippen LogP contribution in [-0.4, -0.2) is 53.7 Å². The van der Waals surface area contributed by atoms with E-state index in [1.807, 2.05) is 24.3 Å². The van der Waals surface area contributed by atoms with E-state index in [1.165, 1.54) is 16.0 Å². The Morgan fingerprint density at radius 1 is 1.03 bits per heavy atom. The third-order valence-electron chi connectivity index (χ3n) is 7.03. The second kappa shape index (κ2) is 9.65. The lowest BCUT2D eigenvalue weighted by molar-refractivity contribution is -0.157. The monoisotopic (exact) mass is 450 g/mol. The van der Waals surface area contributed by atoms with Crippen molar-refractivity contribution in [2.24, 2.45) is 0 Å². The number of rotatable bonds is 8. The first-order valence-electron chi connectivity index (χ1n) is 11.5. The summed E-state index contributed by atoms with van der Waals surface area (Å²) >= 11 is 0. The number of aliphatic carboxylic acids is 1. The van der Waals surface area contributed by atoms with Gasteiger partial charge in [0.15, 0.2) is 0 Å². The van der Waals surface area contributed by atoms with Crippen LogP contribution in [0.2, 0.25) is 0 Å².